The molecule has 0 spiro atoms. The Balaban J connectivity index is 2.03. The van der Waals surface area contributed by atoms with Crippen LogP contribution in [0.15, 0.2) is 66.9 Å². The van der Waals surface area contributed by atoms with Gasteiger partial charge in [0.15, 0.2) is 11.6 Å². The first-order chi connectivity index (χ1) is 17.4. The Bertz CT molecular complexity index is 1510. The van der Waals surface area contributed by atoms with Gasteiger partial charge in [-0.2, -0.15) is 30.7 Å². The molecular formula is C24H14F7N5O. The van der Waals surface area contributed by atoms with E-state index in [0.29, 0.717) is 4.68 Å². The third-order valence-corrected chi connectivity index (χ3v) is 5.13. The molecule has 0 atom stereocenters. The summed E-state index contributed by atoms with van der Waals surface area (Å²) < 4.78 is 96.6. The van der Waals surface area contributed by atoms with Crippen molar-refractivity contribution in [1.82, 2.24) is 19.7 Å². The number of hydrogen-bond donors (Lipinski definition) is 1. The first-order valence-corrected chi connectivity index (χ1v) is 10.3. The third-order valence-electron chi connectivity index (χ3n) is 5.13. The molecule has 0 bridgehead atoms. The second-order valence-corrected chi connectivity index (χ2v) is 7.56. The van der Waals surface area contributed by atoms with Gasteiger partial charge in [-0.1, -0.05) is 36.4 Å². The van der Waals surface area contributed by atoms with Crippen LogP contribution in [0.4, 0.5) is 30.7 Å². The van der Waals surface area contributed by atoms with E-state index in [2.05, 4.69) is 15.1 Å². The normalized spacial score (nSPS) is 12.6. The number of hydrogen-bond acceptors (Lipinski definition) is 4. The summed E-state index contributed by atoms with van der Waals surface area (Å²) in [5.74, 6) is -3.20. The monoisotopic (exact) mass is 521 g/mol. The summed E-state index contributed by atoms with van der Waals surface area (Å²) in [7, 11) is 0. The summed E-state index contributed by atoms with van der Waals surface area (Å²) in [5.41, 5.74) is 1.59. The van der Waals surface area contributed by atoms with E-state index in [4.69, 9.17) is 5.73 Å². The lowest BCUT2D eigenvalue weighted by Crippen LogP contribution is -2.15. The fourth-order valence-corrected chi connectivity index (χ4v) is 3.53. The molecule has 0 radical (unpaired) electrons. The zero-order chi connectivity index (χ0) is 27.0. The SMILES string of the molecule is NC(=O)/C(=C/n1nc(-c2ccccc2C(F)(F)F)nc1-c1ccccc1C(F)(F)F)c1ccnc(F)c1. The predicted molar refractivity (Wildman–Crippen MR) is 118 cm³/mol. The molecule has 0 saturated heterocycles. The summed E-state index contributed by atoms with van der Waals surface area (Å²) in [6.07, 6.45) is -7.79. The third kappa shape index (κ3) is 5.34. The molecule has 0 unspecified atom stereocenters. The fourth-order valence-electron chi connectivity index (χ4n) is 3.53. The lowest BCUT2D eigenvalue weighted by molar-refractivity contribution is -0.137. The molecule has 0 aliphatic carbocycles. The Kier molecular flexibility index (Phi) is 6.55. The molecular weight excluding hydrogens is 507 g/mol. The predicted octanol–water partition coefficient (Wildman–Crippen LogP) is 5.67. The molecule has 2 N–H and O–H groups in total. The van der Waals surface area contributed by atoms with E-state index < -0.39 is 63.7 Å². The minimum atomic E-state index is -4.86. The largest absolute Gasteiger partial charge is 0.417 e. The van der Waals surface area contributed by atoms with Gasteiger partial charge in [-0.3, -0.25) is 4.79 Å². The van der Waals surface area contributed by atoms with E-state index in [0.717, 1.165) is 54.9 Å². The molecule has 4 aromatic rings. The molecule has 4 rings (SSSR count). The minimum Gasteiger partial charge on any atom is -0.366 e. The minimum absolute atomic E-state index is 0.0946. The van der Waals surface area contributed by atoms with Crippen LogP contribution in [0, 0.1) is 5.95 Å². The van der Waals surface area contributed by atoms with E-state index in [1.165, 1.54) is 18.2 Å². The Morgan fingerprint density at radius 1 is 0.865 bits per heavy atom. The lowest BCUT2D eigenvalue weighted by Gasteiger charge is -2.12. The van der Waals surface area contributed by atoms with Gasteiger partial charge in [0.25, 0.3) is 5.91 Å². The number of pyridine rings is 1. The standard InChI is InChI=1S/C24H14F7N5O/c25-19-11-13(9-10-33-19)16(20(32)37)12-36-22(15-6-2-4-8-18(15)24(29,30)31)34-21(35-36)14-5-1-3-7-17(14)23(26,27)28/h1-12H,(H2,32,37)/b16-12+. The molecule has 0 fully saturated rings. The highest BCUT2D eigenvalue weighted by Gasteiger charge is 2.37. The van der Waals surface area contributed by atoms with Crippen LogP contribution in [0.25, 0.3) is 34.5 Å². The highest BCUT2D eigenvalue weighted by molar-refractivity contribution is 6.22. The Labute approximate surface area is 203 Å². The van der Waals surface area contributed by atoms with Gasteiger partial charge in [0, 0.05) is 29.6 Å². The van der Waals surface area contributed by atoms with E-state index in [9.17, 15) is 35.5 Å². The van der Waals surface area contributed by atoms with Crippen molar-refractivity contribution < 1.29 is 35.5 Å². The first-order valence-electron chi connectivity index (χ1n) is 10.3. The maximum absolute atomic E-state index is 13.8. The van der Waals surface area contributed by atoms with Crippen LogP contribution < -0.4 is 5.73 Å². The number of primary amides is 1. The number of carbonyl (C=O) groups is 1. The highest BCUT2D eigenvalue weighted by atomic mass is 19.4. The number of amides is 1. The van der Waals surface area contributed by atoms with Gasteiger partial charge in [-0.25, -0.2) is 14.6 Å². The summed E-state index contributed by atoms with van der Waals surface area (Å²) in [4.78, 5) is 19.5. The van der Waals surface area contributed by atoms with Crippen molar-refractivity contribution in [2.75, 3.05) is 0 Å². The smallest absolute Gasteiger partial charge is 0.366 e. The first kappa shape index (κ1) is 25.5. The fraction of sp³-hybridized carbons (Fsp3) is 0.0833. The molecule has 2 aromatic carbocycles. The summed E-state index contributed by atoms with van der Waals surface area (Å²) in [6.45, 7) is 0. The van der Waals surface area contributed by atoms with E-state index >= 15 is 0 Å². The van der Waals surface area contributed by atoms with Crippen molar-refractivity contribution in [3.05, 3.63) is 89.5 Å². The van der Waals surface area contributed by atoms with Crippen LogP contribution in [0.3, 0.4) is 0 Å². The van der Waals surface area contributed by atoms with Gasteiger partial charge in [0.1, 0.15) is 0 Å². The zero-order valence-electron chi connectivity index (χ0n) is 18.3. The molecule has 13 heteroatoms. The number of alkyl halides is 6. The van der Waals surface area contributed by atoms with E-state index in [1.807, 2.05) is 0 Å². The van der Waals surface area contributed by atoms with Crippen LogP contribution >= 0.6 is 0 Å². The molecule has 2 aromatic heterocycles. The maximum atomic E-state index is 13.8. The van der Waals surface area contributed by atoms with Crippen LogP contribution in [0.5, 0.6) is 0 Å². The average Bonchev–Trinajstić information content (AvgIpc) is 3.25. The Hall–Kier alpha value is -4.55. The number of benzene rings is 2. The highest BCUT2D eigenvalue weighted by Crippen LogP contribution is 2.39. The maximum Gasteiger partial charge on any atom is 0.417 e. The van der Waals surface area contributed by atoms with Crippen LogP contribution in [-0.2, 0) is 17.1 Å². The van der Waals surface area contributed by atoms with Gasteiger partial charge >= 0.3 is 12.4 Å². The van der Waals surface area contributed by atoms with E-state index in [1.54, 1.807) is 0 Å². The van der Waals surface area contributed by atoms with Gasteiger partial charge in [-0.05, 0) is 23.8 Å². The quantitative estimate of drug-likeness (QED) is 0.208. The number of nitrogens with zero attached hydrogens (tertiary/aromatic N) is 4. The van der Waals surface area contributed by atoms with Crippen molar-refractivity contribution in [2.24, 2.45) is 5.73 Å². The van der Waals surface area contributed by atoms with Crippen molar-refractivity contribution in [3.63, 3.8) is 0 Å². The number of rotatable bonds is 5. The van der Waals surface area contributed by atoms with E-state index in [-0.39, 0.29) is 5.56 Å². The van der Waals surface area contributed by atoms with Gasteiger partial charge in [-0.15, -0.1) is 5.10 Å². The van der Waals surface area contributed by atoms with Crippen molar-refractivity contribution in [2.45, 2.75) is 12.4 Å². The van der Waals surface area contributed by atoms with Crippen LogP contribution in [0.1, 0.15) is 16.7 Å². The number of halogens is 7. The van der Waals surface area contributed by atoms with Gasteiger partial charge in [0.05, 0.1) is 16.7 Å². The molecule has 0 saturated carbocycles. The Morgan fingerprint density at radius 3 is 2.00 bits per heavy atom. The molecule has 6 nitrogen and oxygen atoms in total. The molecule has 0 aliphatic rings. The van der Waals surface area contributed by atoms with Crippen LogP contribution in [-0.4, -0.2) is 25.7 Å². The molecule has 190 valence electrons. The molecule has 0 aliphatic heterocycles. The number of aromatic nitrogens is 4. The second-order valence-electron chi connectivity index (χ2n) is 7.56. The van der Waals surface area contributed by atoms with Crippen LogP contribution in [0.2, 0.25) is 0 Å². The number of carbonyl (C=O) groups excluding carboxylic acids is 1. The summed E-state index contributed by atoms with van der Waals surface area (Å²) >= 11 is 0. The molecule has 37 heavy (non-hydrogen) atoms. The topological polar surface area (TPSA) is 86.7 Å². The summed E-state index contributed by atoms with van der Waals surface area (Å²) in [5, 5.41) is 3.97. The van der Waals surface area contributed by atoms with Gasteiger partial charge in [0.2, 0.25) is 5.95 Å². The molecule has 1 amide bonds. The zero-order valence-corrected chi connectivity index (χ0v) is 18.3. The van der Waals surface area contributed by atoms with Crippen molar-refractivity contribution in [1.29, 1.82) is 0 Å². The molecule has 2 heterocycles. The summed E-state index contributed by atoms with van der Waals surface area (Å²) in [6, 6.07) is 10.5. The Morgan fingerprint density at radius 2 is 1.43 bits per heavy atom. The average molecular weight is 521 g/mol. The second kappa shape index (κ2) is 9.48. The van der Waals surface area contributed by atoms with Gasteiger partial charge < -0.3 is 5.73 Å². The lowest BCUT2D eigenvalue weighted by atomic mass is 10.1. The van der Waals surface area contributed by atoms with Crippen molar-refractivity contribution in [3.8, 4) is 22.8 Å². The van der Waals surface area contributed by atoms with Crippen molar-refractivity contribution >= 4 is 17.7 Å². The number of nitrogens with two attached hydrogens (primary N) is 1.